The van der Waals surface area contributed by atoms with E-state index in [4.69, 9.17) is 9.47 Å². The summed E-state index contributed by atoms with van der Waals surface area (Å²) in [5.74, 6) is -0.395. The van der Waals surface area contributed by atoms with Crippen LogP contribution in [0, 0.1) is 0 Å². The first-order chi connectivity index (χ1) is 8.99. The minimum atomic E-state index is -4.39. The molecule has 1 aromatic rings. The number of carbonyl (C=O) groups excluding carboxylic acids is 1. The third-order valence-electron chi connectivity index (χ3n) is 2.23. The number of carbonyl (C=O) groups is 1. The van der Waals surface area contributed by atoms with Gasteiger partial charge < -0.3 is 9.47 Å². The Kier molecular flexibility index (Phi) is 4.68. The van der Waals surface area contributed by atoms with Crippen LogP contribution in [-0.4, -0.2) is 17.7 Å². The fourth-order valence-electron chi connectivity index (χ4n) is 1.36. The first kappa shape index (κ1) is 16.3. The number of esters is 1. The van der Waals surface area contributed by atoms with Crippen molar-refractivity contribution in [3.8, 4) is 5.75 Å². The molecule has 0 aliphatic rings. The lowest BCUT2D eigenvalue weighted by Crippen LogP contribution is -2.33. The van der Waals surface area contributed by atoms with E-state index < -0.39 is 29.4 Å². The van der Waals surface area contributed by atoms with Crippen LogP contribution < -0.4 is 4.74 Å². The van der Waals surface area contributed by atoms with Crippen molar-refractivity contribution in [2.75, 3.05) is 0 Å². The molecule has 1 rings (SSSR count). The number of alkyl halides is 3. The zero-order chi connectivity index (χ0) is 15.6. The van der Waals surface area contributed by atoms with Gasteiger partial charge in [0, 0.05) is 0 Å². The van der Waals surface area contributed by atoms with Gasteiger partial charge in [-0.15, -0.1) is 0 Å². The fourth-order valence-corrected chi connectivity index (χ4v) is 1.36. The molecule has 0 aromatic heterocycles. The molecule has 0 fully saturated rings. The molecule has 0 saturated heterocycles. The van der Waals surface area contributed by atoms with Crippen molar-refractivity contribution in [3.63, 3.8) is 0 Å². The highest BCUT2D eigenvalue weighted by atomic mass is 19.4. The predicted molar refractivity (Wildman–Crippen MR) is 67.4 cm³/mol. The summed E-state index contributed by atoms with van der Waals surface area (Å²) < 4.78 is 47.5. The molecule has 0 saturated carbocycles. The van der Waals surface area contributed by atoms with Gasteiger partial charge in [0.05, 0.1) is 5.56 Å². The standard InChI is InChI=1S/C14H17F3O3/c1-9(12(18)20-13(2,3)4)19-11-7-5-10(6-8-11)14(15,16)17/h5-9H,1-4H3/t9-/m1/s1. The zero-order valence-corrected chi connectivity index (χ0v) is 11.7. The third kappa shape index (κ3) is 5.11. The van der Waals surface area contributed by atoms with Gasteiger partial charge in [-0.1, -0.05) is 0 Å². The summed E-state index contributed by atoms with van der Waals surface area (Å²) in [7, 11) is 0. The van der Waals surface area contributed by atoms with Crippen LogP contribution in [0.4, 0.5) is 13.2 Å². The van der Waals surface area contributed by atoms with Gasteiger partial charge in [0.25, 0.3) is 0 Å². The van der Waals surface area contributed by atoms with Crippen LogP contribution in [0.25, 0.3) is 0 Å². The van der Waals surface area contributed by atoms with Gasteiger partial charge >= 0.3 is 12.1 Å². The van der Waals surface area contributed by atoms with Gasteiger partial charge in [-0.3, -0.25) is 0 Å². The maximum absolute atomic E-state index is 12.4. The molecule has 0 radical (unpaired) electrons. The fraction of sp³-hybridized carbons (Fsp3) is 0.500. The molecular weight excluding hydrogens is 273 g/mol. The monoisotopic (exact) mass is 290 g/mol. The Balaban J connectivity index is 2.67. The second-order valence-electron chi connectivity index (χ2n) is 5.32. The molecule has 20 heavy (non-hydrogen) atoms. The number of ether oxygens (including phenoxy) is 2. The molecule has 0 aliphatic heterocycles. The molecule has 0 heterocycles. The average Bonchev–Trinajstić information content (AvgIpc) is 2.26. The van der Waals surface area contributed by atoms with Crippen LogP contribution in [-0.2, 0) is 15.7 Å². The molecular formula is C14H17F3O3. The Labute approximate surface area is 115 Å². The van der Waals surface area contributed by atoms with Gasteiger partial charge in [0.15, 0.2) is 6.10 Å². The van der Waals surface area contributed by atoms with Crippen molar-refractivity contribution in [1.82, 2.24) is 0 Å². The summed E-state index contributed by atoms with van der Waals surface area (Å²) in [6, 6.07) is 4.14. The Hall–Kier alpha value is -1.72. The zero-order valence-electron chi connectivity index (χ0n) is 11.7. The van der Waals surface area contributed by atoms with E-state index in [0.717, 1.165) is 12.1 Å². The van der Waals surface area contributed by atoms with Crippen molar-refractivity contribution < 1.29 is 27.4 Å². The summed E-state index contributed by atoms with van der Waals surface area (Å²) in [5, 5.41) is 0. The SMILES string of the molecule is C[C@@H](Oc1ccc(C(F)(F)F)cc1)C(=O)OC(C)(C)C. The van der Waals surface area contributed by atoms with E-state index in [9.17, 15) is 18.0 Å². The molecule has 0 unspecified atom stereocenters. The third-order valence-corrected chi connectivity index (χ3v) is 2.23. The summed E-state index contributed by atoms with van der Waals surface area (Å²) in [5.41, 5.74) is -1.41. The van der Waals surface area contributed by atoms with E-state index in [1.807, 2.05) is 0 Å². The highest BCUT2D eigenvalue weighted by Crippen LogP contribution is 2.30. The average molecular weight is 290 g/mol. The van der Waals surface area contributed by atoms with E-state index >= 15 is 0 Å². The molecule has 0 amide bonds. The van der Waals surface area contributed by atoms with Crippen LogP contribution in [0.2, 0.25) is 0 Å². The number of hydrogen-bond donors (Lipinski definition) is 0. The van der Waals surface area contributed by atoms with Crippen molar-refractivity contribution in [2.45, 2.75) is 45.6 Å². The minimum Gasteiger partial charge on any atom is -0.479 e. The van der Waals surface area contributed by atoms with Gasteiger partial charge in [0.2, 0.25) is 0 Å². The first-order valence-electron chi connectivity index (χ1n) is 6.06. The van der Waals surface area contributed by atoms with E-state index in [1.54, 1.807) is 20.8 Å². The van der Waals surface area contributed by atoms with Gasteiger partial charge in [-0.05, 0) is 52.0 Å². The smallest absolute Gasteiger partial charge is 0.416 e. The molecule has 0 spiro atoms. The van der Waals surface area contributed by atoms with Crippen molar-refractivity contribution in [2.24, 2.45) is 0 Å². The lowest BCUT2D eigenvalue weighted by atomic mass is 10.2. The van der Waals surface area contributed by atoms with Crippen LogP contribution in [0.1, 0.15) is 33.3 Å². The molecule has 1 atom stereocenters. The Morgan fingerprint density at radius 3 is 2.00 bits per heavy atom. The molecule has 112 valence electrons. The second-order valence-corrected chi connectivity index (χ2v) is 5.32. The number of halogens is 3. The topological polar surface area (TPSA) is 35.5 Å². The lowest BCUT2D eigenvalue weighted by Gasteiger charge is -2.22. The number of rotatable bonds is 3. The van der Waals surface area contributed by atoms with Crippen molar-refractivity contribution in [1.29, 1.82) is 0 Å². The largest absolute Gasteiger partial charge is 0.479 e. The molecule has 0 bridgehead atoms. The normalized spacial score (nSPS) is 13.8. The Morgan fingerprint density at radius 1 is 1.10 bits per heavy atom. The van der Waals surface area contributed by atoms with Crippen LogP contribution in [0.15, 0.2) is 24.3 Å². The van der Waals surface area contributed by atoms with E-state index in [1.165, 1.54) is 19.1 Å². The van der Waals surface area contributed by atoms with Gasteiger partial charge in [-0.2, -0.15) is 13.2 Å². The molecule has 0 N–H and O–H groups in total. The van der Waals surface area contributed by atoms with Gasteiger partial charge in [-0.25, -0.2) is 4.79 Å². The number of benzene rings is 1. The lowest BCUT2D eigenvalue weighted by molar-refractivity contribution is -0.162. The Bertz CT molecular complexity index is 458. The van der Waals surface area contributed by atoms with Crippen LogP contribution in [0.3, 0.4) is 0 Å². The van der Waals surface area contributed by atoms with Crippen LogP contribution >= 0.6 is 0 Å². The van der Waals surface area contributed by atoms with Gasteiger partial charge in [0.1, 0.15) is 11.4 Å². The summed E-state index contributed by atoms with van der Waals surface area (Å²) in [6.07, 6.45) is -5.29. The van der Waals surface area contributed by atoms with Crippen molar-refractivity contribution >= 4 is 5.97 Å². The molecule has 0 aliphatic carbocycles. The van der Waals surface area contributed by atoms with Crippen LogP contribution in [0.5, 0.6) is 5.75 Å². The molecule has 6 heteroatoms. The summed E-state index contributed by atoms with van der Waals surface area (Å²) in [4.78, 5) is 11.7. The quantitative estimate of drug-likeness (QED) is 0.794. The Morgan fingerprint density at radius 2 is 1.60 bits per heavy atom. The maximum atomic E-state index is 12.4. The van der Waals surface area contributed by atoms with E-state index in [2.05, 4.69) is 0 Å². The molecule has 3 nitrogen and oxygen atoms in total. The predicted octanol–water partition coefficient (Wildman–Crippen LogP) is 3.81. The number of hydrogen-bond acceptors (Lipinski definition) is 3. The first-order valence-corrected chi connectivity index (χ1v) is 6.06. The molecule has 1 aromatic carbocycles. The van der Waals surface area contributed by atoms with E-state index in [-0.39, 0.29) is 5.75 Å². The highest BCUT2D eigenvalue weighted by molar-refractivity contribution is 5.75. The second kappa shape index (κ2) is 5.73. The van der Waals surface area contributed by atoms with Crippen molar-refractivity contribution in [3.05, 3.63) is 29.8 Å². The minimum absolute atomic E-state index is 0.177. The highest BCUT2D eigenvalue weighted by Gasteiger charge is 2.30. The maximum Gasteiger partial charge on any atom is 0.416 e. The van der Waals surface area contributed by atoms with E-state index in [0.29, 0.717) is 0 Å². The summed E-state index contributed by atoms with van der Waals surface area (Å²) >= 11 is 0. The summed E-state index contributed by atoms with van der Waals surface area (Å²) in [6.45, 7) is 6.63.